The number of Topliss-reactive ketones (excluding diaryl/α,β-unsaturated/α-hetero) is 2. The van der Waals surface area contributed by atoms with Gasteiger partial charge in [0.1, 0.15) is 11.6 Å². The molecule has 26 heavy (non-hydrogen) atoms. The molecule has 4 saturated carbocycles. The van der Waals surface area contributed by atoms with Gasteiger partial charge >= 0.3 is 0 Å². The molecular weight excluding hydrogens is 320 g/mol. The van der Waals surface area contributed by atoms with Crippen LogP contribution >= 0.6 is 0 Å². The zero-order valence-corrected chi connectivity index (χ0v) is 17.4. The molecule has 0 heterocycles. The van der Waals surface area contributed by atoms with E-state index in [0.29, 0.717) is 34.7 Å². The third kappa shape index (κ3) is 2.57. The summed E-state index contributed by atoms with van der Waals surface area (Å²) in [6, 6.07) is 0. The number of rotatable bonds is 3. The summed E-state index contributed by atoms with van der Waals surface area (Å²) in [5, 5.41) is 0. The molecule has 2 nitrogen and oxygen atoms in total. The SMILES string of the molecule is CCCC(=O)C1CCC2C3CCC4CC(=O)CCC4(C)C3[C@@H](C)CC12C. The summed E-state index contributed by atoms with van der Waals surface area (Å²) in [6.45, 7) is 9.60. The van der Waals surface area contributed by atoms with Gasteiger partial charge in [-0.05, 0) is 85.4 Å². The van der Waals surface area contributed by atoms with Crippen molar-refractivity contribution in [1.29, 1.82) is 0 Å². The van der Waals surface area contributed by atoms with Crippen LogP contribution < -0.4 is 0 Å². The lowest BCUT2D eigenvalue weighted by Crippen LogP contribution is -2.56. The number of ketones is 2. The first-order chi connectivity index (χ1) is 12.3. The van der Waals surface area contributed by atoms with Gasteiger partial charge in [-0.2, -0.15) is 0 Å². The maximum absolute atomic E-state index is 12.9. The van der Waals surface area contributed by atoms with Crippen LogP contribution in [0.15, 0.2) is 0 Å². The second-order valence-corrected chi connectivity index (χ2v) is 10.9. The molecule has 4 aliphatic carbocycles. The van der Waals surface area contributed by atoms with Crippen LogP contribution in [0.25, 0.3) is 0 Å². The Hall–Kier alpha value is -0.660. The fourth-order valence-electron chi connectivity index (χ4n) is 8.71. The topological polar surface area (TPSA) is 34.1 Å². The number of hydrogen-bond acceptors (Lipinski definition) is 2. The maximum atomic E-state index is 12.9. The molecule has 8 atom stereocenters. The monoisotopic (exact) mass is 358 g/mol. The van der Waals surface area contributed by atoms with Crippen molar-refractivity contribution in [3.63, 3.8) is 0 Å². The van der Waals surface area contributed by atoms with Gasteiger partial charge in [0.25, 0.3) is 0 Å². The van der Waals surface area contributed by atoms with Crippen molar-refractivity contribution in [2.24, 2.45) is 46.3 Å². The minimum absolute atomic E-state index is 0.237. The molecule has 0 radical (unpaired) electrons. The third-order valence-electron chi connectivity index (χ3n) is 9.61. The lowest BCUT2D eigenvalue weighted by Gasteiger charge is -2.62. The van der Waals surface area contributed by atoms with Crippen molar-refractivity contribution in [3.8, 4) is 0 Å². The molecule has 7 unspecified atom stereocenters. The first kappa shape index (κ1) is 18.7. The van der Waals surface area contributed by atoms with Crippen LogP contribution in [-0.2, 0) is 9.59 Å². The highest BCUT2D eigenvalue weighted by atomic mass is 16.1. The normalized spacial score (nSPS) is 50.7. The summed E-state index contributed by atoms with van der Waals surface area (Å²) in [5.74, 6) is 4.98. The van der Waals surface area contributed by atoms with E-state index in [-0.39, 0.29) is 5.41 Å². The van der Waals surface area contributed by atoms with Crippen molar-refractivity contribution < 1.29 is 9.59 Å². The number of carbonyl (C=O) groups is 2. The molecule has 0 spiro atoms. The van der Waals surface area contributed by atoms with Gasteiger partial charge in [-0.25, -0.2) is 0 Å². The van der Waals surface area contributed by atoms with Crippen molar-refractivity contribution in [3.05, 3.63) is 0 Å². The molecule has 4 fully saturated rings. The third-order valence-corrected chi connectivity index (χ3v) is 9.61. The highest BCUT2D eigenvalue weighted by Crippen LogP contribution is 2.68. The van der Waals surface area contributed by atoms with E-state index in [4.69, 9.17) is 0 Å². The van der Waals surface area contributed by atoms with E-state index in [2.05, 4.69) is 27.7 Å². The molecule has 0 bridgehead atoms. The summed E-state index contributed by atoms with van der Waals surface area (Å²) in [6.07, 6.45) is 10.7. The van der Waals surface area contributed by atoms with E-state index < -0.39 is 0 Å². The molecule has 0 aromatic rings. The Morgan fingerprint density at radius 2 is 1.88 bits per heavy atom. The van der Waals surface area contributed by atoms with Crippen LogP contribution in [0.3, 0.4) is 0 Å². The highest BCUT2D eigenvalue weighted by Gasteiger charge is 2.62. The van der Waals surface area contributed by atoms with Crippen molar-refractivity contribution in [2.75, 3.05) is 0 Å². The molecule has 4 rings (SSSR count). The standard InChI is InChI=1S/C24H38O2/c1-5-6-21(26)20-10-9-19-18-8-7-16-13-17(25)11-12-23(16,3)22(18)15(2)14-24(19,20)4/h15-16,18-20,22H,5-14H2,1-4H3/t15-,16?,18?,19?,20?,22?,23?,24?/m0/s1. The van der Waals surface area contributed by atoms with E-state index in [1.54, 1.807) is 0 Å². The summed E-state index contributed by atoms with van der Waals surface area (Å²) in [7, 11) is 0. The first-order valence-electron chi connectivity index (χ1n) is 11.4. The molecule has 0 saturated heterocycles. The van der Waals surface area contributed by atoms with Crippen LogP contribution in [0.2, 0.25) is 0 Å². The van der Waals surface area contributed by atoms with Crippen molar-refractivity contribution >= 4 is 11.6 Å². The van der Waals surface area contributed by atoms with Crippen molar-refractivity contribution in [1.82, 2.24) is 0 Å². The van der Waals surface area contributed by atoms with Crippen LogP contribution in [0.5, 0.6) is 0 Å². The van der Waals surface area contributed by atoms with Gasteiger partial charge in [0.2, 0.25) is 0 Å². The Labute approximate surface area is 159 Å². The molecular formula is C24H38O2. The molecule has 2 heteroatoms. The second kappa shape index (κ2) is 6.45. The smallest absolute Gasteiger partial charge is 0.136 e. The molecule has 0 amide bonds. The zero-order valence-electron chi connectivity index (χ0n) is 17.4. The minimum atomic E-state index is 0.237. The van der Waals surface area contributed by atoms with Gasteiger partial charge < -0.3 is 0 Å². The zero-order chi connectivity index (χ0) is 18.7. The van der Waals surface area contributed by atoms with Crippen LogP contribution in [-0.4, -0.2) is 11.6 Å². The fraction of sp³-hybridized carbons (Fsp3) is 0.917. The number of hydrogen-bond donors (Lipinski definition) is 0. The molecule has 146 valence electrons. The molecule has 0 aliphatic heterocycles. The minimum Gasteiger partial charge on any atom is -0.300 e. The van der Waals surface area contributed by atoms with Gasteiger partial charge in [0.15, 0.2) is 0 Å². The van der Waals surface area contributed by atoms with Gasteiger partial charge in [-0.1, -0.05) is 27.7 Å². The van der Waals surface area contributed by atoms with E-state index >= 15 is 0 Å². The lowest BCUT2D eigenvalue weighted by molar-refractivity contribution is -0.154. The van der Waals surface area contributed by atoms with E-state index in [1.807, 2.05) is 0 Å². The van der Waals surface area contributed by atoms with E-state index in [9.17, 15) is 9.59 Å². The summed E-state index contributed by atoms with van der Waals surface area (Å²) in [4.78, 5) is 24.9. The van der Waals surface area contributed by atoms with Gasteiger partial charge in [-0.3, -0.25) is 9.59 Å². The van der Waals surface area contributed by atoms with Gasteiger partial charge in [0.05, 0.1) is 0 Å². The summed E-state index contributed by atoms with van der Waals surface area (Å²) in [5.41, 5.74) is 0.601. The summed E-state index contributed by atoms with van der Waals surface area (Å²) >= 11 is 0. The Balaban J connectivity index is 1.63. The van der Waals surface area contributed by atoms with Crippen LogP contribution in [0.1, 0.15) is 91.9 Å². The summed E-state index contributed by atoms with van der Waals surface area (Å²) < 4.78 is 0. The largest absolute Gasteiger partial charge is 0.300 e. The quantitative estimate of drug-likeness (QED) is 0.636. The number of carbonyl (C=O) groups excluding carboxylic acids is 2. The van der Waals surface area contributed by atoms with Crippen LogP contribution in [0, 0.1) is 46.3 Å². The van der Waals surface area contributed by atoms with Gasteiger partial charge in [-0.15, -0.1) is 0 Å². The molecule has 4 aliphatic rings. The van der Waals surface area contributed by atoms with E-state index in [1.165, 1.54) is 25.7 Å². The second-order valence-electron chi connectivity index (χ2n) is 10.9. The fourth-order valence-corrected chi connectivity index (χ4v) is 8.71. The number of fused-ring (bicyclic) bond motifs is 5. The maximum Gasteiger partial charge on any atom is 0.136 e. The average Bonchev–Trinajstić information content (AvgIpc) is 2.92. The molecule has 0 aromatic carbocycles. The Kier molecular flexibility index (Phi) is 4.64. The lowest BCUT2D eigenvalue weighted by atomic mass is 9.42. The molecule has 0 aromatic heterocycles. The Morgan fingerprint density at radius 3 is 2.62 bits per heavy atom. The molecule has 0 N–H and O–H groups in total. The predicted octanol–water partition coefficient (Wildman–Crippen LogP) is 5.83. The highest BCUT2D eigenvalue weighted by molar-refractivity contribution is 5.82. The van der Waals surface area contributed by atoms with Gasteiger partial charge in [0, 0.05) is 25.2 Å². The van der Waals surface area contributed by atoms with Crippen molar-refractivity contribution in [2.45, 2.75) is 91.9 Å². The average molecular weight is 359 g/mol. The Morgan fingerprint density at radius 1 is 1.12 bits per heavy atom. The first-order valence-corrected chi connectivity index (χ1v) is 11.4. The Bertz CT molecular complexity index is 595. The predicted molar refractivity (Wildman–Crippen MR) is 105 cm³/mol. The van der Waals surface area contributed by atoms with Crippen LogP contribution in [0.4, 0.5) is 0 Å². The van der Waals surface area contributed by atoms with E-state index in [0.717, 1.165) is 56.3 Å².